The highest BCUT2D eigenvalue weighted by molar-refractivity contribution is 9.11. The highest BCUT2D eigenvalue weighted by Gasteiger charge is 2.44. The first kappa shape index (κ1) is 16.5. The van der Waals surface area contributed by atoms with E-state index in [4.69, 9.17) is 10.5 Å². The van der Waals surface area contributed by atoms with E-state index in [1.54, 1.807) is 19.1 Å². The smallest absolute Gasteiger partial charge is 0.340 e. The van der Waals surface area contributed by atoms with Gasteiger partial charge < -0.3 is 15.8 Å². The van der Waals surface area contributed by atoms with Crippen LogP contribution in [0.2, 0.25) is 0 Å². The molecule has 1 aliphatic carbocycles. The molecule has 3 N–H and O–H groups in total. The van der Waals surface area contributed by atoms with E-state index in [2.05, 4.69) is 37.2 Å². The van der Waals surface area contributed by atoms with Gasteiger partial charge in [-0.05, 0) is 53.7 Å². The van der Waals surface area contributed by atoms with Crippen LogP contribution in [0, 0.1) is 5.92 Å². The quantitative estimate of drug-likeness (QED) is 0.734. The molecule has 0 heterocycles. The first-order valence-electron chi connectivity index (χ1n) is 6.45. The van der Waals surface area contributed by atoms with Crippen molar-refractivity contribution < 1.29 is 14.3 Å². The summed E-state index contributed by atoms with van der Waals surface area (Å²) in [6, 6.07) is 3.34. The zero-order valence-corrected chi connectivity index (χ0v) is 14.9. The summed E-state index contributed by atoms with van der Waals surface area (Å²) < 4.78 is 6.03. The van der Waals surface area contributed by atoms with Crippen molar-refractivity contribution in [3.63, 3.8) is 0 Å². The minimum atomic E-state index is -0.945. The Labute approximate surface area is 139 Å². The molecule has 0 aromatic heterocycles. The number of hydrogen-bond acceptors (Lipinski definition) is 4. The van der Waals surface area contributed by atoms with Crippen molar-refractivity contribution in [2.24, 2.45) is 11.7 Å². The number of anilines is 1. The van der Waals surface area contributed by atoms with E-state index in [-0.39, 0.29) is 17.4 Å². The van der Waals surface area contributed by atoms with Gasteiger partial charge >= 0.3 is 5.97 Å². The lowest BCUT2D eigenvalue weighted by atomic mass is 9.96. The van der Waals surface area contributed by atoms with E-state index in [0.29, 0.717) is 14.6 Å². The van der Waals surface area contributed by atoms with Crippen LogP contribution in [0.4, 0.5) is 5.69 Å². The van der Waals surface area contributed by atoms with Crippen molar-refractivity contribution in [1.29, 1.82) is 0 Å². The topological polar surface area (TPSA) is 81.4 Å². The average Bonchev–Trinajstić information content (AvgIpc) is 3.24. The lowest BCUT2D eigenvalue weighted by Crippen LogP contribution is -2.50. The Morgan fingerprint density at radius 2 is 2.00 bits per heavy atom. The molecule has 1 fully saturated rings. The maximum atomic E-state index is 12.4. The second kappa shape index (κ2) is 6.06. The maximum absolute atomic E-state index is 12.4. The third kappa shape index (κ3) is 3.46. The van der Waals surface area contributed by atoms with Crippen molar-refractivity contribution in [2.45, 2.75) is 25.3 Å². The third-order valence-electron chi connectivity index (χ3n) is 3.61. The second-order valence-electron chi connectivity index (χ2n) is 5.31. The van der Waals surface area contributed by atoms with Gasteiger partial charge in [0.2, 0.25) is 5.91 Å². The molecule has 114 valence electrons. The van der Waals surface area contributed by atoms with Crippen LogP contribution in [0.1, 0.15) is 30.1 Å². The molecular formula is C14H16Br2N2O3. The Kier molecular flexibility index (Phi) is 4.75. The molecule has 7 heteroatoms. The fraction of sp³-hybridized carbons (Fsp3) is 0.429. The molecular weight excluding hydrogens is 404 g/mol. The monoisotopic (exact) mass is 418 g/mol. The molecule has 1 aliphatic rings. The van der Waals surface area contributed by atoms with E-state index < -0.39 is 11.5 Å². The van der Waals surface area contributed by atoms with Gasteiger partial charge in [0.05, 0.1) is 23.9 Å². The standard InChI is InChI=1S/C14H16Br2N2O3/c1-14(17,7-3-4-7)13(20)18-11-9(12(19)21-2)5-8(15)6-10(11)16/h5-7H,3-4,17H2,1-2H3,(H,18,20). The number of ether oxygens (including phenoxy) is 1. The number of nitrogens with two attached hydrogens (primary N) is 1. The molecule has 0 spiro atoms. The number of hydrogen-bond donors (Lipinski definition) is 2. The van der Waals surface area contributed by atoms with Crippen LogP contribution in [0.25, 0.3) is 0 Å². The highest BCUT2D eigenvalue weighted by Crippen LogP contribution is 2.39. The first-order valence-corrected chi connectivity index (χ1v) is 8.03. The van der Waals surface area contributed by atoms with Gasteiger partial charge in [0.1, 0.15) is 0 Å². The Balaban J connectivity index is 2.34. The second-order valence-corrected chi connectivity index (χ2v) is 7.08. The van der Waals surface area contributed by atoms with Gasteiger partial charge in [-0.2, -0.15) is 0 Å². The molecule has 21 heavy (non-hydrogen) atoms. The predicted molar refractivity (Wildman–Crippen MR) is 87.1 cm³/mol. The van der Waals surface area contributed by atoms with Gasteiger partial charge in [0.15, 0.2) is 0 Å². The zero-order chi connectivity index (χ0) is 15.8. The first-order chi connectivity index (χ1) is 9.77. The average molecular weight is 420 g/mol. The molecule has 0 bridgehead atoms. The Morgan fingerprint density at radius 1 is 1.38 bits per heavy atom. The lowest BCUT2D eigenvalue weighted by molar-refractivity contribution is -0.121. The number of halogens is 2. The molecule has 2 rings (SSSR count). The Bertz CT molecular complexity index is 598. The maximum Gasteiger partial charge on any atom is 0.340 e. The van der Waals surface area contributed by atoms with Crippen molar-refractivity contribution in [2.75, 3.05) is 12.4 Å². The largest absolute Gasteiger partial charge is 0.465 e. The van der Waals surface area contributed by atoms with Gasteiger partial charge in [-0.25, -0.2) is 4.79 Å². The van der Waals surface area contributed by atoms with Crippen LogP contribution >= 0.6 is 31.9 Å². The fourth-order valence-corrected chi connectivity index (χ4v) is 3.41. The molecule has 1 atom stereocenters. The van der Waals surface area contributed by atoms with Crippen LogP contribution in [-0.4, -0.2) is 24.5 Å². The van der Waals surface area contributed by atoms with Crippen LogP contribution in [0.3, 0.4) is 0 Å². The van der Waals surface area contributed by atoms with E-state index in [0.717, 1.165) is 12.8 Å². The highest BCUT2D eigenvalue weighted by atomic mass is 79.9. The molecule has 0 aliphatic heterocycles. The number of carbonyl (C=O) groups excluding carboxylic acids is 2. The van der Waals surface area contributed by atoms with Gasteiger partial charge in [-0.1, -0.05) is 15.9 Å². The van der Waals surface area contributed by atoms with E-state index in [1.807, 2.05) is 0 Å². The van der Waals surface area contributed by atoms with Crippen LogP contribution in [-0.2, 0) is 9.53 Å². The summed E-state index contributed by atoms with van der Waals surface area (Å²) in [5.74, 6) is -0.649. The van der Waals surface area contributed by atoms with Crippen LogP contribution in [0.15, 0.2) is 21.1 Å². The summed E-state index contributed by atoms with van der Waals surface area (Å²) in [6.07, 6.45) is 1.90. The van der Waals surface area contributed by atoms with Gasteiger partial charge in [0.25, 0.3) is 0 Å². The summed E-state index contributed by atoms with van der Waals surface area (Å²) in [5, 5.41) is 2.75. The van der Waals surface area contributed by atoms with E-state index in [9.17, 15) is 9.59 Å². The molecule has 1 unspecified atom stereocenters. The van der Waals surface area contributed by atoms with E-state index >= 15 is 0 Å². The Hall–Kier alpha value is -0.920. The normalized spacial score (nSPS) is 17.0. The molecule has 1 aromatic rings. The van der Waals surface area contributed by atoms with Crippen molar-refractivity contribution >= 4 is 49.4 Å². The molecule has 1 saturated carbocycles. The molecule has 0 saturated heterocycles. The third-order valence-corrected chi connectivity index (χ3v) is 4.70. The number of methoxy groups -OCH3 is 1. The minimum Gasteiger partial charge on any atom is -0.465 e. The van der Waals surface area contributed by atoms with Crippen LogP contribution < -0.4 is 11.1 Å². The van der Waals surface area contributed by atoms with Crippen molar-refractivity contribution in [1.82, 2.24) is 0 Å². The number of carbonyl (C=O) groups is 2. The summed E-state index contributed by atoms with van der Waals surface area (Å²) in [4.78, 5) is 24.3. The molecule has 0 radical (unpaired) electrons. The predicted octanol–water partition coefficient (Wildman–Crippen LogP) is 3.06. The number of rotatable bonds is 4. The lowest BCUT2D eigenvalue weighted by Gasteiger charge is -2.24. The van der Waals surface area contributed by atoms with Crippen molar-refractivity contribution in [3.8, 4) is 0 Å². The number of amides is 1. The minimum absolute atomic E-state index is 0.188. The zero-order valence-electron chi connectivity index (χ0n) is 11.7. The fourth-order valence-electron chi connectivity index (χ4n) is 2.09. The SMILES string of the molecule is COC(=O)c1cc(Br)cc(Br)c1NC(=O)C(C)(N)C1CC1. The molecule has 1 amide bonds. The number of esters is 1. The van der Waals surface area contributed by atoms with Crippen LogP contribution in [0.5, 0.6) is 0 Å². The summed E-state index contributed by atoms with van der Waals surface area (Å²) in [6.45, 7) is 1.71. The van der Waals surface area contributed by atoms with Gasteiger partial charge in [0, 0.05) is 8.95 Å². The number of nitrogens with one attached hydrogen (secondary N) is 1. The van der Waals surface area contributed by atoms with E-state index in [1.165, 1.54) is 7.11 Å². The number of benzene rings is 1. The summed E-state index contributed by atoms with van der Waals surface area (Å²) in [7, 11) is 1.29. The van der Waals surface area contributed by atoms with Crippen molar-refractivity contribution in [3.05, 3.63) is 26.6 Å². The van der Waals surface area contributed by atoms with Gasteiger partial charge in [-0.15, -0.1) is 0 Å². The van der Waals surface area contributed by atoms with Gasteiger partial charge in [-0.3, -0.25) is 4.79 Å². The molecule has 5 nitrogen and oxygen atoms in total. The molecule has 1 aromatic carbocycles. The summed E-state index contributed by atoms with van der Waals surface area (Å²) in [5.41, 5.74) is 5.79. The Morgan fingerprint density at radius 3 is 2.52 bits per heavy atom. The summed E-state index contributed by atoms with van der Waals surface area (Å²) >= 11 is 6.66.